The van der Waals surface area contributed by atoms with Crippen molar-refractivity contribution in [3.63, 3.8) is 0 Å². The molecule has 0 unspecified atom stereocenters. The third kappa shape index (κ3) is 6.32. The van der Waals surface area contributed by atoms with Crippen molar-refractivity contribution in [3.05, 3.63) is 59.2 Å². The molecule has 41 heavy (non-hydrogen) atoms. The van der Waals surface area contributed by atoms with Crippen molar-refractivity contribution in [1.29, 1.82) is 0 Å². The average Bonchev–Trinajstić information content (AvgIpc) is 3.20. The number of amides is 1. The number of aromatic nitrogens is 2. The lowest BCUT2D eigenvalue weighted by Crippen LogP contribution is -2.49. The van der Waals surface area contributed by atoms with E-state index >= 15 is 0 Å². The first-order valence-electron chi connectivity index (χ1n) is 13.5. The number of carbonyl (C=O) groups is 2. The number of hydrogen-bond donors (Lipinski definition) is 1. The van der Waals surface area contributed by atoms with E-state index in [9.17, 15) is 27.2 Å². The number of fused-ring (bicyclic) bond motifs is 3. The van der Waals surface area contributed by atoms with E-state index in [0.717, 1.165) is 41.6 Å². The average molecular weight is 577 g/mol. The van der Waals surface area contributed by atoms with Crippen LogP contribution in [0.4, 0.5) is 17.6 Å². The van der Waals surface area contributed by atoms with Crippen LogP contribution >= 0.6 is 0 Å². The Balaban J connectivity index is 1.40. The number of benzene rings is 1. The maximum Gasteiger partial charge on any atom is 0.573 e. The first-order valence-corrected chi connectivity index (χ1v) is 13.5. The predicted molar refractivity (Wildman–Crippen MR) is 142 cm³/mol. The number of carboxylic acids is 1. The molecule has 1 fully saturated rings. The van der Waals surface area contributed by atoms with Crippen LogP contribution in [0.25, 0.3) is 11.0 Å². The number of alkyl halides is 3. The molecule has 12 heteroatoms. The van der Waals surface area contributed by atoms with E-state index in [2.05, 4.69) is 28.5 Å². The highest BCUT2D eigenvalue weighted by molar-refractivity contribution is 5.85. The molecule has 4 heterocycles. The molecule has 2 aliphatic rings. The summed E-state index contributed by atoms with van der Waals surface area (Å²) >= 11 is 0. The Morgan fingerprint density at radius 3 is 2.56 bits per heavy atom. The highest BCUT2D eigenvalue weighted by atomic mass is 19.4. The molecule has 1 saturated heterocycles. The number of ether oxygens (including phenoxy) is 1. The number of rotatable bonds is 7. The second kappa shape index (κ2) is 11.0. The summed E-state index contributed by atoms with van der Waals surface area (Å²) in [6.07, 6.45) is -1.74. The highest BCUT2D eigenvalue weighted by Gasteiger charge is 2.39. The molecule has 0 spiro atoms. The Morgan fingerprint density at radius 2 is 1.90 bits per heavy atom. The number of aliphatic carboxylic acids is 1. The molecular formula is C29H32F4N4O4. The molecule has 1 N–H and O–H groups in total. The Bertz CT molecular complexity index is 1460. The Hall–Kier alpha value is -3.67. The second-order valence-electron chi connectivity index (χ2n) is 11.5. The van der Waals surface area contributed by atoms with Crippen molar-refractivity contribution in [2.75, 3.05) is 26.2 Å². The van der Waals surface area contributed by atoms with Crippen LogP contribution in [0, 0.1) is 11.7 Å². The molecule has 0 aliphatic carbocycles. The number of pyridine rings is 1. The first-order chi connectivity index (χ1) is 19.3. The van der Waals surface area contributed by atoms with Gasteiger partial charge in [0.15, 0.2) is 11.6 Å². The number of carbonyl (C=O) groups excluding carboxylic acids is 1. The quantitative estimate of drug-likeness (QED) is 0.402. The Kier molecular flexibility index (Phi) is 7.71. The number of piperidine rings is 1. The van der Waals surface area contributed by atoms with Crippen LogP contribution in [0.5, 0.6) is 5.75 Å². The maximum atomic E-state index is 14.5. The van der Waals surface area contributed by atoms with Gasteiger partial charge < -0.3 is 19.3 Å². The minimum absolute atomic E-state index is 0.0372. The monoisotopic (exact) mass is 576 g/mol. The van der Waals surface area contributed by atoms with Gasteiger partial charge >= 0.3 is 12.3 Å². The van der Waals surface area contributed by atoms with Gasteiger partial charge in [-0.1, -0.05) is 19.9 Å². The zero-order valence-electron chi connectivity index (χ0n) is 22.9. The summed E-state index contributed by atoms with van der Waals surface area (Å²) in [6, 6.07) is 7.16. The largest absolute Gasteiger partial charge is 0.573 e. The van der Waals surface area contributed by atoms with Crippen LogP contribution in [0.2, 0.25) is 0 Å². The zero-order chi connectivity index (χ0) is 29.5. The number of likely N-dealkylation sites (tertiary alicyclic amines) is 1. The number of hydrogen-bond acceptors (Lipinski definition) is 5. The molecule has 5 rings (SSSR count). The minimum Gasteiger partial charge on any atom is -0.481 e. The van der Waals surface area contributed by atoms with E-state index in [0.29, 0.717) is 37.4 Å². The van der Waals surface area contributed by atoms with Crippen molar-refractivity contribution in [2.24, 2.45) is 5.92 Å². The summed E-state index contributed by atoms with van der Waals surface area (Å²) in [7, 11) is 0. The molecule has 0 bridgehead atoms. The Labute approximate surface area is 234 Å². The van der Waals surface area contributed by atoms with Crippen molar-refractivity contribution in [1.82, 2.24) is 19.4 Å². The van der Waals surface area contributed by atoms with E-state index in [1.165, 1.54) is 6.07 Å². The van der Waals surface area contributed by atoms with Gasteiger partial charge in [0.05, 0.1) is 13.1 Å². The van der Waals surface area contributed by atoms with Gasteiger partial charge in [0.2, 0.25) is 5.91 Å². The van der Waals surface area contributed by atoms with Gasteiger partial charge in [0.1, 0.15) is 5.65 Å². The summed E-state index contributed by atoms with van der Waals surface area (Å²) in [5.74, 6) is -2.74. The van der Waals surface area contributed by atoms with Crippen LogP contribution < -0.4 is 4.74 Å². The highest BCUT2D eigenvalue weighted by Crippen LogP contribution is 2.40. The predicted octanol–water partition coefficient (Wildman–Crippen LogP) is 4.93. The van der Waals surface area contributed by atoms with E-state index in [-0.39, 0.29) is 31.3 Å². The summed E-state index contributed by atoms with van der Waals surface area (Å²) in [5.41, 5.74) is 2.53. The zero-order valence-corrected chi connectivity index (χ0v) is 22.9. The van der Waals surface area contributed by atoms with Crippen molar-refractivity contribution >= 4 is 22.9 Å². The van der Waals surface area contributed by atoms with Gasteiger partial charge in [-0.15, -0.1) is 13.2 Å². The topological polar surface area (TPSA) is 87.9 Å². The van der Waals surface area contributed by atoms with E-state index in [1.807, 2.05) is 21.6 Å². The lowest BCUT2D eigenvalue weighted by molar-refractivity contribution is -0.275. The fourth-order valence-electron chi connectivity index (χ4n) is 6.20. The molecule has 220 valence electrons. The number of carboxylic acid groups (broad SMARTS) is 1. The summed E-state index contributed by atoms with van der Waals surface area (Å²) in [5, 5.41) is 9.98. The van der Waals surface area contributed by atoms with Crippen LogP contribution in [-0.4, -0.2) is 68.9 Å². The smallest absolute Gasteiger partial charge is 0.481 e. The minimum atomic E-state index is -5.00. The fourth-order valence-corrected chi connectivity index (χ4v) is 6.20. The van der Waals surface area contributed by atoms with Gasteiger partial charge in [0.25, 0.3) is 0 Å². The van der Waals surface area contributed by atoms with Crippen LogP contribution in [0.1, 0.15) is 49.9 Å². The molecule has 2 aromatic heterocycles. The van der Waals surface area contributed by atoms with Crippen LogP contribution in [0.3, 0.4) is 0 Å². The molecule has 2 aliphatic heterocycles. The van der Waals surface area contributed by atoms with E-state index < -0.39 is 29.3 Å². The van der Waals surface area contributed by atoms with Crippen molar-refractivity contribution in [3.8, 4) is 5.75 Å². The van der Waals surface area contributed by atoms with Gasteiger partial charge in [-0.3, -0.25) is 14.5 Å². The maximum absolute atomic E-state index is 14.5. The number of halogens is 4. The third-order valence-electron chi connectivity index (χ3n) is 7.97. The molecule has 1 aromatic carbocycles. The molecule has 8 nitrogen and oxygen atoms in total. The first kappa shape index (κ1) is 28.8. The van der Waals surface area contributed by atoms with Crippen LogP contribution in [0.15, 0.2) is 36.5 Å². The molecule has 0 radical (unpaired) electrons. The normalized spacial score (nSPS) is 18.0. The number of nitrogens with zero attached hydrogens (tertiary/aromatic N) is 4. The van der Waals surface area contributed by atoms with Gasteiger partial charge in [-0.2, -0.15) is 0 Å². The van der Waals surface area contributed by atoms with Crippen molar-refractivity contribution < 1.29 is 37.0 Å². The molecule has 0 saturated carbocycles. The van der Waals surface area contributed by atoms with Gasteiger partial charge in [-0.05, 0) is 67.2 Å². The molecular weight excluding hydrogens is 544 g/mol. The summed E-state index contributed by atoms with van der Waals surface area (Å²) in [6.45, 7) is 6.61. The SMILES string of the molecule is CC1(C)CN(C(=O)CN2CCC(CC(=O)O)CC2)Cc2c1c1cccnc1n2Cc1ccc(OC(F)(F)F)c(F)c1. The van der Waals surface area contributed by atoms with Crippen LogP contribution in [-0.2, 0) is 28.1 Å². The summed E-state index contributed by atoms with van der Waals surface area (Å²) in [4.78, 5) is 33.0. The second-order valence-corrected chi connectivity index (χ2v) is 11.5. The van der Waals surface area contributed by atoms with E-state index in [1.54, 1.807) is 6.20 Å². The standard InChI is InChI=1S/C29H32F4N4O4/c1-28(2)17-36(24(38)16-35-10-7-18(8-11-35)13-25(39)40)15-22-26(28)20-4-3-9-34-27(20)37(22)14-19-5-6-23(21(30)12-19)41-29(31,32)33/h3-6,9,12,18H,7-8,10-11,13-17H2,1-2H3,(H,39,40). The lowest BCUT2D eigenvalue weighted by atomic mass is 9.79. The third-order valence-corrected chi connectivity index (χ3v) is 7.97. The summed E-state index contributed by atoms with van der Waals surface area (Å²) < 4.78 is 58.1. The lowest BCUT2D eigenvalue weighted by Gasteiger charge is -2.40. The molecule has 0 atom stereocenters. The fraction of sp³-hybridized carbons (Fsp3) is 0.483. The molecule has 3 aromatic rings. The van der Waals surface area contributed by atoms with Gasteiger partial charge in [-0.25, -0.2) is 9.37 Å². The van der Waals surface area contributed by atoms with E-state index in [4.69, 9.17) is 5.11 Å². The molecule has 1 amide bonds. The van der Waals surface area contributed by atoms with Crippen molar-refractivity contribution in [2.45, 2.75) is 58.0 Å². The Morgan fingerprint density at radius 1 is 1.17 bits per heavy atom. The van der Waals surface area contributed by atoms with Gasteiger partial charge in [0, 0.05) is 42.2 Å².